The van der Waals surface area contributed by atoms with Crippen LogP contribution in [0, 0.1) is 0 Å². The van der Waals surface area contributed by atoms with Crippen LogP contribution in [0.1, 0.15) is 5.56 Å². The highest BCUT2D eigenvalue weighted by Gasteiger charge is 2.03. The molecule has 116 valence electrons. The standard InChI is InChI=1S/C17H20N2O2S/c1-18-11-12-19-17(20)21-15-9-7-14(8-10-15)13-22-16-5-3-2-4-6-16/h2-10,18H,11-13H2,1H3,(H,19,20). The molecule has 0 aromatic heterocycles. The SMILES string of the molecule is CNCCNC(=O)Oc1ccc(CSc2ccccc2)cc1. The van der Waals surface area contributed by atoms with E-state index in [1.54, 1.807) is 11.8 Å². The van der Waals surface area contributed by atoms with Gasteiger partial charge in [-0.2, -0.15) is 0 Å². The van der Waals surface area contributed by atoms with Crippen LogP contribution in [-0.2, 0) is 5.75 Å². The molecule has 0 radical (unpaired) electrons. The molecule has 0 heterocycles. The molecule has 0 saturated heterocycles. The first-order chi connectivity index (χ1) is 10.8. The predicted octanol–water partition coefficient (Wildman–Crippen LogP) is 3.29. The van der Waals surface area contributed by atoms with Crippen LogP contribution in [0.3, 0.4) is 0 Å². The molecule has 0 aliphatic heterocycles. The summed E-state index contributed by atoms with van der Waals surface area (Å²) in [6, 6.07) is 17.9. The van der Waals surface area contributed by atoms with Crippen molar-refractivity contribution in [2.75, 3.05) is 20.1 Å². The highest BCUT2D eigenvalue weighted by molar-refractivity contribution is 7.98. The van der Waals surface area contributed by atoms with E-state index in [-0.39, 0.29) is 0 Å². The average molecular weight is 316 g/mol. The van der Waals surface area contributed by atoms with E-state index in [0.29, 0.717) is 18.8 Å². The zero-order valence-electron chi connectivity index (χ0n) is 12.5. The quantitative estimate of drug-likeness (QED) is 0.608. The fraction of sp³-hybridized carbons (Fsp3) is 0.235. The molecule has 2 aromatic rings. The van der Waals surface area contributed by atoms with Gasteiger partial charge in [0.25, 0.3) is 0 Å². The van der Waals surface area contributed by atoms with Crippen LogP contribution in [0.15, 0.2) is 59.5 Å². The fourth-order valence-corrected chi connectivity index (χ4v) is 2.65. The number of thioether (sulfide) groups is 1. The van der Waals surface area contributed by atoms with E-state index >= 15 is 0 Å². The highest BCUT2D eigenvalue weighted by atomic mass is 32.2. The zero-order valence-corrected chi connectivity index (χ0v) is 13.4. The second-order valence-electron chi connectivity index (χ2n) is 4.67. The first-order valence-electron chi connectivity index (χ1n) is 7.15. The van der Waals surface area contributed by atoms with Gasteiger partial charge in [0.2, 0.25) is 0 Å². The molecular weight excluding hydrogens is 296 g/mol. The van der Waals surface area contributed by atoms with Crippen molar-refractivity contribution in [3.63, 3.8) is 0 Å². The number of likely N-dealkylation sites (N-methyl/N-ethyl adjacent to an activating group) is 1. The lowest BCUT2D eigenvalue weighted by Crippen LogP contribution is -2.32. The van der Waals surface area contributed by atoms with Crippen molar-refractivity contribution >= 4 is 17.9 Å². The van der Waals surface area contributed by atoms with E-state index in [0.717, 1.165) is 5.75 Å². The summed E-state index contributed by atoms with van der Waals surface area (Å²) in [6.07, 6.45) is -0.429. The molecule has 0 aliphatic rings. The lowest BCUT2D eigenvalue weighted by Gasteiger charge is -2.07. The lowest BCUT2D eigenvalue weighted by atomic mass is 10.2. The third-order valence-corrected chi connectivity index (χ3v) is 4.01. The number of amides is 1. The molecule has 2 N–H and O–H groups in total. The minimum atomic E-state index is -0.429. The van der Waals surface area contributed by atoms with E-state index in [9.17, 15) is 4.79 Å². The molecule has 0 saturated carbocycles. The van der Waals surface area contributed by atoms with Crippen LogP contribution < -0.4 is 15.4 Å². The van der Waals surface area contributed by atoms with Gasteiger partial charge in [0.05, 0.1) is 0 Å². The molecule has 0 atom stereocenters. The van der Waals surface area contributed by atoms with Gasteiger partial charge in [-0.15, -0.1) is 11.8 Å². The smallest absolute Gasteiger partial charge is 0.410 e. The Kier molecular flexibility index (Phi) is 6.80. The van der Waals surface area contributed by atoms with Gasteiger partial charge in [-0.1, -0.05) is 30.3 Å². The van der Waals surface area contributed by atoms with Crippen LogP contribution in [0.2, 0.25) is 0 Å². The predicted molar refractivity (Wildman–Crippen MR) is 90.4 cm³/mol. The highest BCUT2D eigenvalue weighted by Crippen LogP contribution is 2.23. The van der Waals surface area contributed by atoms with Gasteiger partial charge in [0.15, 0.2) is 0 Å². The van der Waals surface area contributed by atoms with E-state index < -0.39 is 6.09 Å². The Morgan fingerprint density at radius 3 is 2.45 bits per heavy atom. The van der Waals surface area contributed by atoms with Gasteiger partial charge < -0.3 is 15.4 Å². The Hall–Kier alpha value is -1.98. The normalized spacial score (nSPS) is 10.2. The van der Waals surface area contributed by atoms with Crippen LogP contribution in [0.25, 0.3) is 0 Å². The molecule has 22 heavy (non-hydrogen) atoms. The third-order valence-electron chi connectivity index (χ3n) is 2.93. The third kappa shape index (κ3) is 5.79. The van der Waals surface area contributed by atoms with Gasteiger partial charge >= 0.3 is 6.09 Å². The van der Waals surface area contributed by atoms with Gasteiger partial charge in [-0.25, -0.2) is 4.79 Å². The summed E-state index contributed by atoms with van der Waals surface area (Å²) in [5, 5.41) is 5.61. The van der Waals surface area contributed by atoms with Crippen LogP contribution >= 0.6 is 11.8 Å². The van der Waals surface area contributed by atoms with Crippen molar-refractivity contribution in [2.24, 2.45) is 0 Å². The van der Waals surface area contributed by atoms with E-state index in [1.165, 1.54) is 10.5 Å². The van der Waals surface area contributed by atoms with Crippen LogP contribution in [-0.4, -0.2) is 26.2 Å². The number of benzene rings is 2. The molecule has 2 rings (SSSR count). The Bertz CT molecular complexity index is 573. The Labute approximate surface area is 135 Å². The summed E-state index contributed by atoms with van der Waals surface area (Å²) < 4.78 is 5.19. The minimum Gasteiger partial charge on any atom is -0.410 e. The summed E-state index contributed by atoms with van der Waals surface area (Å²) in [6.45, 7) is 1.26. The number of nitrogens with one attached hydrogen (secondary N) is 2. The van der Waals surface area contributed by atoms with Crippen LogP contribution in [0.4, 0.5) is 4.79 Å². The van der Waals surface area contributed by atoms with Crippen molar-refractivity contribution in [1.82, 2.24) is 10.6 Å². The number of carbonyl (C=O) groups is 1. The van der Waals surface area contributed by atoms with E-state index in [1.807, 2.05) is 49.5 Å². The van der Waals surface area contributed by atoms with Crippen molar-refractivity contribution in [2.45, 2.75) is 10.6 Å². The second-order valence-corrected chi connectivity index (χ2v) is 5.71. The number of carbonyl (C=O) groups excluding carboxylic acids is 1. The van der Waals surface area contributed by atoms with Crippen LogP contribution in [0.5, 0.6) is 5.75 Å². The summed E-state index contributed by atoms with van der Waals surface area (Å²) in [5.41, 5.74) is 1.19. The van der Waals surface area contributed by atoms with E-state index in [4.69, 9.17) is 4.74 Å². The van der Waals surface area contributed by atoms with Gasteiger partial charge in [-0.3, -0.25) is 0 Å². The molecule has 0 aliphatic carbocycles. The largest absolute Gasteiger partial charge is 0.412 e. The summed E-state index contributed by atoms with van der Waals surface area (Å²) >= 11 is 1.78. The summed E-state index contributed by atoms with van der Waals surface area (Å²) in [4.78, 5) is 12.8. The average Bonchev–Trinajstić information content (AvgIpc) is 2.55. The fourth-order valence-electron chi connectivity index (χ4n) is 1.77. The number of hydrogen-bond donors (Lipinski definition) is 2. The molecule has 2 aromatic carbocycles. The number of hydrogen-bond acceptors (Lipinski definition) is 4. The molecular formula is C17H20N2O2S. The van der Waals surface area contributed by atoms with Gasteiger partial charge in [0, 0.05) is 23.7 Å². The van der Waals surface area contributed by atoms with Gasteiger partial charge in [0.1, 0.15) is 5.75 Å². The lowest BCUT2D eigenvalue weighted by molar-refractivity contribution is 0.200. The molecule has 4 nitrogen and oxygen atoms in total. The number of ether oxygens (including phenoxy) is 1. The molecule has 0 spiro atoms. The molecule has 0 fully saturated rings. The van der Waals surface area contributed by atoms with E-state index in [2.05, 4.69) is 22.8 Å². The summed E-state index contributed by atoms with van der Waals surface area (Å²) in [7, 11) is 1.83. The topological polar surface area (TPSA) is 50.4 Å². The monoisotopic (exact) mass is 316 g/mol. The zero-order chi connectivity index (χ0) is 15.6. The van der Waals surface area contributed by atoms with Crippen molar-refractivity contribution < 1.29 is 9.53 Å². The molecule has 1 amide bonds. The maximum Gasteiger partial charge on any atom is 0.412 e. The minimum absolute atomic E-state index is 0.429. The summed E-state index contributed by atoms with van der Waals surface area (Å²) in [5.74, 6) is 1.44. The number of rotatable bonds is 7. The van der Waals surface area contributed by atoms with Crippen molar-refractivity contribution in [3.05, 3.63) is 60.2 Å². The molecule has 0 unspecified atom stereocenters. The Morgan fingerprint density at radius 1 is 1.05 bits per heavy atom. The molecule has 0 bridgehead atoms. The first-order valence-corrected chi connectivity index (χ1v) is 8.13. The van der Waals surface area contributed by atoms with Gasteiger partial charge in [-0.05, 0) is 36.9 Å². The maximum atomic E-state index is 11.5. The Balaban J connectivity index is 1.79. The van der Waals surface area contributed by atoms with Crippen molar-refractivity contribution in [3.8, 4) is 5.75 Å². The maximum absolute atomic E-state index is 11.5. The first kappa shape index (κ1) is 16.4. The van der Waals surface area contributed by atoms with Crippen molar-refractivity contribution in [1.29, 1.82) is 0 Å². The Morgan fingerprint density at radius 2 is 1.77 bits per heavy atom. The second kappa shape index (κ2) is 9.12. The molecule has 5 heteroatoms.